The van der Waals surface area contributed by atoms with E-state index in [0.717, 1.165) is 9.61 Å². The first-order valence-electron chi connectivity index (χ1n) is 2.30. The zero-order valence-corrected chi connectivity index (χ0v) is 6.87. The molecule has 3 nitrogen and oxygen atoms in total. The maximum absolute atomic E-state index is 8.23. The Hall–Kier alpha value is 0.0300. The molecule has 0 aliphatic carbocycles. The van der Waals surface area contributed by atoms with Crippen LogP contribution in [0.3, 0.4) is 0 Å². The topological polar surface area (TPSA) is 45.1 Å². The van der Waals surface area contributed by atoms with Crippen LogP contribution in [0.4, 0.5) is 0 Å². The van der Waals surface area contributed by atoms with Crippen molar-refractivity contribution in [3.63, 3.8) is 0 Å². The van der Waals surface area contributed by atoms with Gasteiger partial charge in [-0.2, -0.15) is 5.48 Å². The monoisotopic (exact) mass is 208 g/mol. The molecule has 1 heterocycles. The van der Waals surface area contributed by atoms with E-state index in [-0.39, 0.29) is 0 Å². The highest BCUT2D eigenvalue weighted by Crippen LogP contribution is 2.15. The molecule has 0 radical (unpaired) electrons. The van der Waals surface area contributed by atoms with Gasteiger partial charge in [-0.15, -0.1) is 11.3 Å². The Labute approximate surface area is 64.8 Å². The molecule has 0 amide bonds. The number of aromatic nitrogens is 1. The molecule has 1 aromatic rings. The van der Waals surface area contributed by atoms with Crippen molar-refractivity contribution in [3.05, 3.63) is 15.0 Å². The maximum atomic E-state index is 8.23. The molecular weight excluding hydrogens is 204 g/mol. The summed E-state index contributed by atoms with van der Waals surface area (Å²) >= 11 is 4.70. The summed E-state index contributed by atoms with van der Waals surface area (Å²) in [7, 11) is 0. The number of hydrogen-bond acceptors (Lipinski definition) is 4. The number of thiazole rings is 1. The maximum Gasteiger partial charge on any atom is 0.159 e. The molecule has 1 rings (SSSR count). The zero-order chi connectivity index (χ0) is 6.69. The fraction of sp³-hybridized carbons (Fsp3) is 0.250. The summed E-state index contributed by atoms with van der Waals surface area (Å²) in [6.45, 7) is 0.405. The van der Waals surface area contributed by atoms with Crippen LogP contribution >= 0.6 is 27.3 Å². The Kier molecular flexibility index (Phi) is 2.59. The third kappa shape index (κ3) is 2.02. The Balaban J connectivity index is 2.61. The number of nitrogens with one attached hydrogen (secondary N) is 1. The van der Waals surface area contributed by atoms with Crippen molar-refractivity contribution in [2.24, 2.45) is 0 Å². The van der Waals surface area contributed by atoms with Crippen molar-refractivity contribution in [1.29, 1.82) is 0 Å². The molecule has 0 bridgehead atoms. The average molecular weight is 209 g/mol. The van der Waals surface area contributed by atoms with E-state index in [4.69, 9.17) is 5.21 Å². The third-order valence-corrected chi connectivity index (χ3v) is 2.20. The van der Waals surface area contributed by atoms with Crippen molar-refractivity contribution in [3.8, 4) is 0 Å². The molecule has 5 heteroatoms. The lowest BCUT2D eigenvalue weighted by atomic mass is 10.5. The summed E-state index contributed by atoms with van der Waals surface area (Å²) in [4.78, 5) is 4.01. The van der Waals surface area contributed by atoms with Gasteiger partial charge in [-0.3, -0.25) is 0 Å². The molecule has 2 N–H and O–H groups in total. The molecule has 0 aliphatic rings. The lowest BCUT2D eigenvalue weighted by Crippen LogP contribution is -2.05. The van der Waals surface area contributed by atoms with E-state index in [2.05, 4.69) is 20.9 Å². The predicted octanol–water partition coefficient (Wildman–Crippen LogP) is 1.38. The minimum atomic E-state index is 0.405. The van der Waals surface area contributed by atoms with E-state index in [1.807, 2.05) is 10.9 Å². The summed E-state index contributed by atoms with van der Waals surface area (Å²) in [5.74, 6) is 0. The second-order valence-corrected chi connectivity index (χ2v) is 3.56. The van der Waals surface area contributed by atoms with Crippen LogP contribution in [0.25, 0.3) is 0 Å². The summed E-state index contributed by atoms with van der Waals surface area (Å²) in [5, 5.41) is 10.1. The number of rotatable bonds is 2. The van der Waals surface area contributed by atoms with Gasteiger partial charge < -0.3 is 5.21 Å². The summed E-state index contributed by atoms with van der Waals surface area (Å²) in [5.41, 5.74) is 2.86. The van der Waals surface area contributed by atoms with Crippen LogP contribution in [-0.4, -0.2) is 10.2 Å². The number of hydroxylamine groups is 1. The second kappa shape index (κ2) is 3.26. The van der Waals surface area contributed by atoms with Crippen LogP contribution in [0.15, 0.2) is 9.30 Å². The van der Waals surface area contributed by atoms with Crippen molar-refractivity contribution in [1.82, 2.24) is 10.5 Å². The fourth-order valence-corrected chi connectivity index (χ4v) is 1.49. The Morgan fingerprint density at radius 2 is 2.67 bits per heavy atom. The van der Waals surface area contributed by atoms with E-state index in [1.165, 1.54) is 11.3 Å². The SMILES string of the molecule is ONCc1csc(Br)n1. The fourth-order valence-electron chi connectivity index (χ4n) is 0.444. The first kappa shape index (κ1) is 7.14. The van der Waals surface area contributed by atoms with Gasteiger partial charge in [-0.25, -0.2) is 4.98 Å². The van der Waals surface area contributed by atoms with Crippen LogP contribution < -0.4 is 5.48 Å². The minimum Gasteiger partial charge on any atom is -0.316 e. The normalized spacial score (nSPS) is 10.0. The summed E-state index contributed by atoms with van der Waals surface area (Å²) in [6, 6.07) is 0. The van der Waals surface area contributed by atoms with Gasteiger partial charge in [-0.05, 0) is 15.9 Å². The first-order valence-corrected chi connectivity index (χ1v) is 3.97. The van der Waals surface area contributed by atoms with Gasteiger partial charge in [0, 0.05) is 5.38 Å². The molecule has 0 saturated heterocycles. The van der Waals surface area contributed by atoms with Crippen molar-refractivity contribution < 1.29 is 5.21 Å². The molecule has 0 aromatic carbocycles. The highest BCUT2D eigenvalue weighted by Gasteiger charge is 1.95. The molecule has 0 fully saturated rings. The molecule has 0 aliphatic heterocycles. The number of nitrogens with zero attached hydrogens (tertiary/aromatic N) is 1. The van der Waals surface area contributed by atoms with Gasteiger partial charge in [-0.1, -0.05) is 0 Å². The number of hydrogen-bond donors (Lipinski definition) is 2. The van der Waals surface area contributed by atoms with Crippen LogP contribution in [-0.2, 0) is 6.54 Å². The summed E-state index contributed by atoms with van der Waals surface area (Å²) < 4.78 is 0.841. The van der Waals surface area contributed by atoms with E-state index < -0.39 is 0 Å². The second-order valence-electron chi connectivity index (χ2n) is 1.43. The van der Waals surface area contributed by atoms with Gasteiger partial charge in [0.2, 0.25) is 0 Å². The quantitative estimate of drug-likeness (QED) is 0.723. The largest absolute Gasteiger partial charge is 0.316 e. The van der Waals surface area contributed by atoms with Crippen molar-refractivity contribution >= 4 is 27.3 Å². The van der Waals surface area contributed by atoms with E-state index >= 15 is 0 Å². The first-order chi connectivity index (χ1) is 4.33. The van der Waals surface area contributed by atoms with E-state index in [0.29, 0.717) is 6.54 Å². The smallest absolute Gasteiger partial charge is 0.159 e. The van der Waals surface area contributed by atoms with Gasteiger partial charge in [0.15, 0.2) is 3.92 Å². The van der Waals surface area contributed by atoms with Crippen LogP contribution in [0, 0.1) is 0 Å². The Morgan fingerprint density at radius 3 is 3.11 bits per heavy atom. The van der Waals surface area contributed by atoms with Crippen LogP contribution in [0.1, 0.15) is 5.69 Å². The van der Waals surface area contributed by atoms with Gasteiger partial charge >= 0.3 is 0 Å². The lowest BCUT2D eigenvalue weighted by Gasteiger charge is -1.87. The molecule has 0 spiro atoms. The number of halogens is 1. The molecule has 50 valence electrons. The zero-order valence-electron chi connectivity index (χ0n) is 4.47. The van der Waals surface area contributed by atoms with Gasteiger partial charge in [0.25, 0.3) is 0 Å². The van der Waals surface area contributed by atoms with E-state index in [9.17, 15) is 0 Å². The van der Waals surface area contributed by atoms with Crippen molar-refractivity contribution in [2.45, 2.75) is 6.54 Å². The standard InChI is InChI=1S/C4H5BrN2OS/c5-4-7-3(1-6-8)2-9-4/h2,6,8H,1H2. The minimum absolute atomic E-state index is 0.405. The van der Waals surface area contributed by atoms with E-state index in [1.54, 1.807) is 0 Å². The van der Waals surface area contributed by atoms with Crippen LogP contribution in [0.5, 0.6) is 0 Å². The third-order valence-electron chi connectivity index (χ3n) is 0.784. The Morgan fingerprint density at radius 1 is 1.89 bits per heavy atom. The molecule has 0 saturated carbocycles. The van der Waals surface area contributed by atoms with Crippen LogP contribution in [0.2, 0.25) is 0 Å². The highest BCUT2D eigenvalue weighted by molar-refractivity contribution is 9.11. The highest BCUT2D eigenvalue weighted by atomic mass is 79.9. The molecule has 0 atom stereocenters. The molecule has 1 aromatic heterocycles. The molecule has 0 unspecified atom stereocenters. The molecular formula is C4H5BrN2OS. The van der Waals surface area contributed by atoms with Gasteiger partial charge in [0.05, 0.1) is 12.2 Å². The molecule has 9 heavy (non-hydrogen) atoms. The van der Waals surface area contributed by atoms with Gasteiger partial charge in [0.1, 0.15) is 0 Å². The lowest BCUT2D eigenvalue weighted by molar-refractivity contribution is 0.160. The summed E-state index contributed by atoms with van der Waals surface area (Å²) in [6.07, 6.45) is 0. The average Bonchev–Trinajstić information content (AvgIpc) is 2.17. The Bertz CT molecular complexity index is 190. The predicted molar refractivity (Wildman–Crippen MR) is 38.4 cm³/mol. The van der Waals surface area contributed by atoms with Crippen molar-refractivity contribution in [2.75, 3.05) is 0 Å².